The highest BCUT2D eigenvalue weighted by Crippen LogP contribution is 2.27. The number of morpholine rings is 1. The highest BCUT2D eigenvalue weighted by molar-refractivity contribution is 7.18. The van der Waals surface area contributed by atoms with Gasteiger partial charge in [-0.1, -0.05) is 0 Å². The van der Waals surface area contributed by atoms with E-state index in [2.05, 4.69) is 21.7 Å². The van der Waals surface area contributed by atoms with Crippen LogP contribution >= 0.6 is 11.3 Å². The molecule has 9 heteroatoms. The van der Waals surface area contributed by atoms with Gasteiger partial charge in [0.15, 0.2) is 0 Å². The van der Waals surface area contributed by atoms with E-state index in [0.717, 1.165) is 41.5 Å². The number of H-pyrrole nitrogens is 1. The lowest BCUT2D eigenvalue weighted by Crippen LogP contribution is -2.52. The molecule has 2 aliphatic heterocycles. The minimum Gasteiger partial charge on any atom is -0.379 e. The number of hydrogen-bond acceptors (Lipinski definition) is 7. The third-order valence-corrected chi connectivity index (χ3v) is 7.23. The summed E-state index contributed by atoms with van der Waals surface area (Å²) in [6.07, 6.45) is 0. The first-order valence-corrected chi connectivity index (χ1v) is 11.1. The fraction of sp³-hybridized carbons (Fsp3) is 0.650. The molecule has 0 bridgehead atoms. The van der Waals surface area contributed by atoms with Gasteiger partial charge in [-0.3, -0.25) is 19.4 Å². The summed E-state index contributed by atoms with van der Waals surface area (Å²) in [4.78, 5) is 41.3. The number of aryl methyl sites for hydroxylation is 2. The van der Waals surface area contributed by atoms with Crippen molar-refractivity contribution in [1.82, 2.24) is 24.7 Å². The van der Waals surface area contributed by atoms with Crippen LogP contribution in [0.3, 0.4) is 0 Å². The fourth-order valence-electron chi connectivity index (χ4n) is 4.05. The Balaban J connectivity index is 1.38. The number of piperazine rings is 1. The number of rotatable bonds is 4. The predicted octanol–water partition coefficient (Wildman–Crippen LogP) is 1.14. The van der Waals surface area contributed by atoms with Gasteiger partial charge in [0, 0.05) is 44.1 Å². The van der Waals surface area contributed by atoms with Crippen molar-refractivity contribution in [2.24, 2.45) is 0 Å². The van der Waals surface area contributed by atoms with Crippen LogP contribution < -0.4 is 5.56 Å². The van der Waals surface area contributed by atoms with Crippen molar-refractivity contribution in [2.45, 2.75) is 26.8 Å². The number of aromatic nitrogens is 2. The van der Waals surface area contributed by atoms with Crippen LogP contribution in [0, 0.1) is 13.8 Å². The molecule has 0 saturated carbocycles. The van der Waals surface area contributed by atoms with Gasteiger partial charge in [-0.15, -0.1) is 11.3 Å². The molecule has 158 valence electrons. The van der Waals surface area contributed by atoms with Gasteiger partial charge in [-0.05, 0) is 26.3 Å². The molecule has 1 unspecified atom stereocenters. The van der Waals surface area contributed by atoms with E-state index in [0.29, 0.717) is 44.1 Å². The molecule has 0 radical (unpaired) electrons. The molecular formula is C20H29N5O3S. The van der Waals surface area contributed by atoms with E-state index in [4.69, 9.17) is 9.72 Å². The van der Waals surface area contributed by atoms with E-state index in [9.17, 15) is 9.59 Å². The van der Waals surface area contributed by atoms with E-state index < -0.39 is 0 Å². The molecule has 0 aliphatic carbocycles. The maximum atomic E-state index is 12.6. The number of ether oxygens (including phenoxy) is 1. The third kappa shape index (κ3) is 4.23. The largest absolute Gasteiger partial charge is 0.379 e. The lowest BCUT2D eigenvalue weighted by atomic mass is 10.2. The first-order valence-electron chi connectivity index (χ1n) is 10.3. The highest BCUT2D eigenvalue weighted by atomic mass is 32.1. The SMILES string of the molecule is Cc1sc2nc(C(C)N3CCN(C(=O)CN4CCOCC4)CC3)[nH]c(=O)c2c1C. The maximum absolute atomic E-state index is 12.6. The quantitative estimate of drug-likeness (QED) is 0.800. The monoisotopic (exact) mass is 419 g/mol. The Morgan fingerprint density at radius 2 is 1.86 bits per heavy atom. The number of nitrogens with zero attached hydrogens (tertiary/aromatic N) is 4. The molecule has 2 aliphatic rings. The zero-order chi connectivity index (χ0) is 20.5. The standard InChI is InChI=1S/C20H29N5O3S/c1-13-15(3)29-20-17(13)19(27)21-18(22-20)14(2)24-4-6-25(7-5-24)16(26)12-23-8-10-28-11-9-23/h14H,4-12H2,1-3H3,(H,21,22,27). The molecule has 1 atom stereocenters. The van der Waals surface area contributed by atoms with Crippen LogP contribution in [0.2, 0.25) is 0 Å². The normalized spacial score (nSPS) is 20.3. The predicted molar refractivity (Wildman–Crippen MR) is 114 cm³/mol. The average molecular weight is 420 g/mol. The number of carbonyl (C=O) groups excluding carboxylic acids is 1. The number of amides is 1. The molecule has 1 N–H and O–H groups in total. The molecule has 29 heavy (non-hydrogen) atoms. The summed E-state index contributed by atoms with van der Waals surface area (Å²) in [5, 5.41) is 0.710. The summed E-state index contributed by atoms with van der Waals surface area (Å²) in [5.74, 6) is 0.897. The summed E-state index contributed by atoms with van der Waals surface area (Å²) in [5.41, 5.74) is 0.961. The molecule has 4 rings (SSSR count). The molecule has 4 heterocycles. The molecular weight excluding hydrogens is 390 g/mol. The Labute approximate surface area is 174 Å². The summed E-state index contributed by atoms with van der Waals surface area (Å²) >= 11 is 1.58. The van der Waals surface area contributed by atoms with Crippen LogP contribution in [-0.4, -0.2) is 89.6 Å². The number of fused-ring (bicyclic) bond motifs is 1. The molecule has 0 aromatic carbocycles. The van der Waals surface area contributed by atoms with Crippen molar-refractivity contribution in [3.8, 4) is 0 Å². The van der Waals surface area contributed by atoms with E-state index in [1.54, 1.807) is 11.3 Å². The van der Waals surface area contributed by atoms with Gasteiger partial charge in [0.2, 0.25) is 5.91 Å². The number of hydrogen-bond donors (Lipinski definition) is 1. The smallest absolute Gasteiger partial charge is 0.259 e. The number of aromatic amines is 1. The van der Waals surface area contributed by atoms with Gasteiger partial charge in [0.1, 0.15) is 10.7 Å². The van der Waals surface area contributed by atoms with E-state index in [1.807, 2.05) is 18.7 Å². The molecule has 8 nitrogen and oxygen atoms in total. The van der Waals surface area contributed by atoms with E-state index in [-0.39, 0.29) is 17.5 Å². The number of thiophene rings is 1. The van der Waals surface area contributed by atoms with Gasteiger partial charge in [-0.2, -0.15) is 0 Å². The van der Waals surface area contributed by atoms with Crippen molar-refractivity contribution in [1.29, 1.82) is 0 Å². The number of nitrogens with one attached hydrogen (secondary N) is 1. The second-order valence-electron chi connectivity index (χ2n) is 7.90. The molecule has 2 aromatic rings. The zero-order valence-corrected chi connectivity index (χ0v) is 18.2. The summed E-state index contributed by atoms with van der Waals surface area (Å²) in [7, 11) is 0. The van der Waals surface area contributed by atoms with Crippen LogP contribution in [0.1, 0.15) is 29.2 Å². The summed E-state index contributed by atoms with van der Waals surface area (Å²) in [6, 6.07) is 0.00584. The first-order chi connectivity index (χ1) is 13.9. The fourth-order valence-corrected chi connectivity index (χ4v) is 5.09. The van der Waals surface area contributed by atoms with Crippen LogP contribution in [0.4, 0.5) is 0 Å². The Kier molecular flexibility index (Phi) is 6.00. The minimum absolute atomic E-state index is 0.00584. The zero-order valence-electron chi connectivity index (χ0n) is 17.4. The van der Waals surface area contributed by atoms with Gasteiger partial charge >= 0.3 is 0 Å². The van der Waals surface area contributed by atoms with Gasteiger partial charge in [0.05, 0.1) is 31.2 Å². The first kappa shape index (κ1) is 20.5. The van der Waals surface area contributed by atoms with Crippen molar-refractivity contribution < 1.29 is 9.53 Å². The minimum atomic E-state index is -0.0574. The van der Waals surface area contributed by atoms with Crippen LogP contribution in [0.25, 0.3) is 10.2 Å². The molecule has 2 fully saturated rings. The van der Waals surface area contributed by atoms with Gasteiger partial charge < -0.3 is 14.6 Å². The third-order valence-electron chi connectivity index (χ3n) is 6.13. The van der Waals surface area contributed by atoms with Crippen LogP contribution in [0.5, 0.6) is 0 Å². The van der Waals surface area contributed by atoms with E-state index in [1.165, 1.54) is 0 Å². The van der Waals surface area contributed by atoms with Gasteiger partial charge in [-0.25, -0.2) is 4.98 Å². The van der Waals surface area contributed by atoms with Crippen LogP contribution in [0.15, 0.2) is 4.79 Å². The summed E-state index contributed by atoms with van der Waals surface area (Å²) in [6.45, 7) is 12.6. The average Bonchev–Trinajstić information content (AvgIpc) is 3.02. The Bertz CT molecular complexity index is 941. The molecule has 0 spiro atoms. The summed E-state index contributed by atoms with van der Waals surface area (Å²) < 4.78 is 5.35. The molecule has 2 aromatic heterocycles. The second-order valence-corrected chi connectivity index (χ2v) is 9.10. The second kappa shape index (κ2) is 8.51. The lowest BCUT2D eigenvalue weighted by Gasteiger charge is -2.38. The van der Waals surface area contributed by atoms with Crippen LogP contribution in [-0.2, 0) is 9.53 Å². The molecule has 2 saturated heterocycles. The Hall–Kier alpha value is -1.81. The Morgan fingerprint density at radius 1 is 1.17 bits per heavy atom. The van der Waals surface area contributed by atoms with Gasteiger partial charge in [0.25, 0.3) is 5.56 Å². The van der Waals surface area contributed by atoms with Crippen molar-refractivity contribution in [3.63, 3.8) is 0 Å². The lowest BCUT2D eigenvalue weighted by molar-refractivity contribution is -0.135. The highest BCUT2D eigenvalue weighted by Gasteiger charge is 2.27. The maximum Gasteiger partial charge on any atom is 0.259 e. The number of carbonyl (C=O) groups is 1. The topological polar surface area (TPSA) is 81.8 Å². The van der Waals surface area contributed by atoms with E-state index >= 15 is 0 Å². The van der Waals surface area contributed by atoms with Crippen molar-refractivity contribution >= 4 is 27.5 Å². The van der Waals surface area contributed by atoms with Crippen molar-refractivity contribution in [2.75, 3.05) is 59.0 Å². The van der Waals surface area contributed by atoms with Crippen molar-refractivity contribution in [3.05, 3.63) is 26.6 Å². The molecule has 1 amide bonds. The Morgan fingerprint density at radius 3 is 2.55 bits per heavy atom.